The molecule has 0 saturated carbocycles. The molecule has 0 saturated heterocycles. The molecular weight excluding hydrogens is 334 g/mol. The number of hydrogen-bond donors (Lipinski definition) is 2. The Balaban J connectivity index is 2.29. The van der Waals surface area contributed by atoms with Gasteiger partial charge in [-0.15, -0.1) is 0 Å². The van der Waals surface area contributed by atoms with Crippen LogP contribution in [0.15, 0.2) is 38.4 Å². The predicted octanol–water partition coefficient (Wildman–Crippen LogP) is 1.81. The van der Waals surface area contributed by atoms with Crippen LogP contribution >= 0.6 is 15.9 Å². The van der Waals surface area contributed by atoms with Crippen LogP contribution in [-0.4, -0.2) is 13.6 Å². The van der Waals surface area contributed by atoms with Crippen molar-refractivity contribution in [2.45, 2.75) is 18.4 Å². The number of rotatable bonds is 4. The van der Waals surface area contributed by atoms with E-state index in [2.05, 4.69) is 30.3 Å². The van der Waals surface area contributed by atoms with Crippen molar-refractivity contribution in [1.29, 1.82) is 0 Å². The second kappa shape index (κ2) is 5.32. The Hall–Kier alpha value is -1.38. The zero-order chi connectivity index (χ0) is 14.0. The Bertz CT molecular complexity index is 683. The summed E-state index contributed by atoms with van der Waals surface area (Å²) in [6, 6.07) is 4.76. The van der Waals surface area contributed by atoms with E-state index in [9.17, 15) is 8.42 Å². The third-order valence-corrected chi connectivity index (χ3v) is 4.57. The molecule has 8 heteroatoms. The number of hydrogen-bond acceptors (Lipinski definition) is 5. The van der Waals surface area contributed by atoms with Crippen LogP contribution in [-0.2, 0) is 16.6 Å². The minimum atomic E-state index is -3.65. The number of nitrogens with one attached hydrogen (secondary N) is 1. The SMILES string of the molecule is Cc1c(N)cc(Br)cc1S(=O)(=O)NCc1ccon1. The third kappa shape index (κ3) is 3.14. The van der Waals surface area contributed by atoms with Crippen molar-refractivity contribution in [3.05, 3.63) is 40.2 Å². The monoisotopic (exact) mass is 345 g/mol. The number of sulfonamides is 1. The van der Waals surface area contributed by atoms with Crippen LogP contribution in [0.5, 0.6) is 0 Å². The maximum absolute atomic E-state index is 12.2. The minimum Gasteiger partial charge on any atom is -0.398 e. The summed E-state index contributed by atoms with van der Waals surface area (Å²) in [5, 5.41) is 3.63. The van der Waals surface area contributed by atoms with Crippen molar-refractivity contribution in [1.82, 2.24) is 9.88 Å². The van der Waals surface area contributed by atoms with E-state index in [-0.39, 0.29) is 11.4 Å². The number of aromatic nitrogens is 1. The summed E-state index contributed by atoms with van der Waals surface area (Å²) in [4.78, 5) is 0.142. The van der Waals surface area contributed by atoms with E-state index < -0.39 is 10.0 Å². The number of anilines is 1. The Morgan fingerprint density at radius 3 is 2.84 bits per heavy atom. The average molecular weight is 346 g/mol. The molecule has 0 atom stereocenters. The van der Waals surface area contributed by atoms with Gasteiger partial charge in [0.2, 0.25) is 10.0 Å². The number of nitrogen functional groups attached to an aromatic ring is 1. The average Bonchev–Trinajstić information content (AvgIpc) is 2.84. The highest BCUT2D eigenvalue weighted by Gasteiger charge is 2.19. The number of nitrogens with two attached hydrogens (primary N) is 1. The standard InChI is InChI=1S/C11H12BrN3O3S/c1-7-10(13)4-8(12)5-11(7)19(16,17)14-6-9-2-3-18-15-9/h2-5,14H,6,13H2,1H3. The van der Waals surface area contributed by atoms with E-state index in [1.807, 2.05) is 0 Å². The Labute approximate surface area is 119 Å². The molecule has 0 aliphatic rings. The van der Waals surface area contributed by atoms with Gasteiger partial charge in [-0.2, -0.15) is 0 Å². The molecule has 0 aliphatic carbocycles. The number of benzene rings is 1. The molecule has 102 valence electrons. The van der Waals surface area contributed by atoms with Gasteiger partial charge in [-0.25, -0.2) is 13.1 Å². The van der Waals surface area contributed by atoms with E-state index >= 15 is 0 Å². The quantitative estimate of drug-likeness (QED) is 0.823. The van der Waals surface area contributed by atoms with Crippen molar-refractivity contribution < 1.29 is 12.9 Å². The Kier molecular flexibility index (Phi) is 3.93. The lowest BCUT2D eigenvalue weighted by Gasteiger charge is -2.11. The van der Waals surface area contributed by atoms with Gasteiger partial charge < -0.3 is 10.3 Å². The molecular formula is C11H12BrN3O3S. The lowest BCUT2D eigenvalue weighted by atomic mass is 10.2. The maximum atomic E-state index is 12.2. The van der Waals surface area contributed by atoms with Crippen LogP contribution in [0.1, 0.15) is 11.3 Å². The first-order valence-corrected chi connectivity index (χ1v) is 7.62. The smallest absolute Gasteiger partial charge is 0.241 e. The summed E-state index contributed by atoms with van der Waals surface area (Å²) in [6.07, 6.45) is 1.38. The molecule has 0 aliphatic heterocycles. The zero-order valence-corrected chi connectivity index (χ0v) is 12.5. The molecule has 0 radical (unpaired) electrons. The Morgan fingerprint density at radius 1 is 1.47 bits per heavy atom. The van der Waals surface area contributed by atoms with Crippen LogP contribution in [0.25, 0.3) is 0 Å². The van der Waals surface area contributed by atoms with Gasteiger partial charge in [0, 0.05) is 16.2 Å². The van der Waals surface area contributed by atoms with E-state index in [0.29, 0.717) is 21.4 Å². The summed E-state index contributed by atoms with van der Waals surface area (Å²) >= 11 is 3.23. The summed E-state index contributed by atoms with van der Waals surface area (Å²) in [5.41, 5.74) is 7.19. The van der Waals surface area contributed by atoms with E-state index in [0.717, 1.165) is 0 Å². The van der Waals surface area contributed by atoms with Crippen molar-refractivity contribution >= 4 is 31.6 Å². The van der Waals surface area contributed by atoms with Gasteiger partial charge in [0.15, 0.2) is 0 Å². The molecule has 0 spiro atoms. The highest BCUT2D eigenvalue weighted by Crippen LogP contribution is 2.26. The van der Waals surface area contributed by atoms with Gasteiger partial charge in [-0.3, -0.25) is 0 Å². The van der Waals surface area contributed by atoms with Crippen LogP contribution in [0.3, 0.4) is 0 Å². The molecule has 1 aromatic carbocycles. The molecule has 2 aromatic rings. The molecule has 0 unspecified atom stereocenters. The lowest BCUT2D eigenvalue weighted by molar-refractivity contribution is 0.411. The summed E-state index contributed by atoms with van der Waals surface area (Å²) in [6.45, 7) is 1.72. The first-order chi connectivity index (χ1) is 8.90. The van der Waals surface area contributed by atoms with Crippen LogP contribution in [0.2, 0.25) is 0 Å². The molecule has 1 heterocycles. The number of nitrogens with zero attached hydrogens (tertiary/aromatic N) is 1. The van der Waals surface area contributed by atoms with Gasteiger partial charge in [0.25, 0.3) is 0 Å². The van der Waals surface area contributed by atoms with Crippen molar-refractivity contribution in [3.8, 4) is 0 Å². The molecule has 0 fully saturated rings. The fourth-order valence-corrected chi connectivity index (χ4v) is 3.45. The van der Waals surface area contributed by atoms with Gasteiger partial charge in [-0.1, -0.05) is 21.1 Å². The highest BCUT2D eigenvalue weighted by molar-refractivity contribution is 9.10. The molecule has 0 amide bonds. The molecule has 3 N–H and O–H groups in total. The second-order valence-corrected chi connectivity index (χ2v) is 6.58. The first-order valence-electron chi connectivity index (χ1n) is 5.34. The van der Waals surface area contributed by atoms with E-state index in [1.54, 1.807) is 19.1 Å². The summed E-state index contributed by atoms with van der Waals surface area (Å²) < 4.78 is 32.1. The molecule has 0 bridgehead atoms. The normalized spacial score (nSPS) is 11.7. The third-order valence-electron chi connectivity index (χ3n) is 2.59. The van der Waals surface area contributed by atoms with Crippen LogP contribution in [0.4, 0.5) is 5.69 Å². The fourth-order valence-electron chi connectivity index (χ4n) is 1.53. The summed E-state index contributed by atoms with van der Waals surface area (Å²) in [7, 11) is -3.65. The molecule has 19 heavy (non-hydrogen) atoms. The zero-order valence-electron chi connectivity index (χ0n) is 10.1. The van der Waals surface area contributed by atoms with Gasteiger partial charge >= 0.3 is 0 Å². The van der Waals surface area contributed by atoms with Crippen LogP contribution in [0, 0.1) is 6.92 Å². The fraction of sp³-hybridized carbons (Fsp3) is 0.182. The van der Waals surface area contributed by atoms with E-state index in [1.165, 1.54) is 12.3 Å². The summed E-state index contributed by atoms with van der Waals surface area (Å²) in [5.74, 6) is 0. The van der Waals surface area contributed by atoms with Crippen molar-refractivity contribution in [2.24, 2.45) is 0 Å². The van der Waals surface area contributed by atoms with Crippen molar-refractivity contribution in [3.63, 3.8) is 0 Å². The lowest BCUT2D eigenvalue weighted by Crippen LogP contribution is -2.24. The van der Waals surface area contributed by atoms with Crippen LogP contribution < -0.4 is 10.5 Å². The molecule has 6 nitrogen and oxygen atoms in total. The molecule has 1 aromatic heterocycles. The number of halogens is 1. The topological polar surface area (TPSA) is 98.2 Å². The largest absolute Gasteiger partial charge is 0.398 e. The maximum Gasteiger partial charge on any atom is 0.241 e. The minimum absolute atomic E-state index is 0.0602. The second-order valence-electron chi connectivity index (χ2n) is 3.93. The Morgan fingerprint density at radius 2 is 2.21 bits per heavy atom. The van der Waals surface area contributed by atoms with E-state index in [4.69, 9.17) is 5.73 Å². The van der Waals surface area contributed by atoms with Gasteiger partial charge in [-0.05, 0) is 24.6 Å². The predicted molar refractivity (Wildman–Crippen MR) is 73.8 cm³/mol. The highest BCUT2D eigenvalue weighted by atomic mass is 79.9. The van der Waals surface area contributed by atoms with Gasteiger partial charge in [0.1, 0.15) is 6.26 Å². The first kappa shape index (κ1) is 14.0. The van der Waals surface area contributed by atoms with Gasteiger partial charge in [0.05, 0.1) is 17.1 Å². The van der Waals surface area contributed by atoms with Crippen molar-refractivity contribution in [2.75, 3.05) is 5.73 Å². The molecule has 2 rings (SSSR count).